The molecular weight excluding hydrogens is 180 g/mol. The van der Waals surface area contributed by atoms with Crippen LogP contribution in [0.4, 0.5) is 0 Å². The van der Waals surface area contributed by atoms with Gasteiger partial charge in [0.25, 0.3) is 0 Å². The van der Waals surface area contributed by atoms with Crippen LogP contribution in [0.2, 0.25) is 5.02 Å². The zero-order chi connectivity index (χ0) is 8.72. The summed E-state index contributed by atoms with van der Waals surface area (Å²) < 4.78 is 4.99. The fourth-order valence-electron chi connectivity index (χ4n) is 1.03. The Morgan fingerprint density at radius 3 is 2.58 bits per heavy atom. The van der Waals surface area contributed by atoms with Gasteiger partial charge in [-0.1, -0.05) is 11.6 Å². The molecule has 0 bridgehead atoms. The Hall–Kier alpha value is -0.930. The van der Waals surface area contributed by atoms with E-state index in [4.69, 9.17) is 26.6 Å². The highest BCUT2D eigenvalue weighted by Gasteiger charge is 2.26. The maximum atomic E-state index is 9.17. The molecule has 1 fully saturated rings. The maximum absolute atomic E-state index is 9.17. The Kier molecular flexibility index (Phi) is 1.63. The monoisotopic (exact) mass is 186 g/mol. The minimum absolute atomic E-state index is 0.0361. The predicted octanol–water partition coefficient (Wildman–Crippen LogP) is 1.82. The van der Waals surface area contributed by atoms with Crippen molar-refractivity contribution in [1.29, 1.82) is 0 Å². The van der Waals surface area contributed by atoms with Gasteiger partial charge in [-0.2, -0.15) is 0 Å². The molecule has 1 aliphatic rings. The number of benzene rings is 1. The Morgan fingerprint density at radius 2 is 2.08 bits per heavy atom. The van der Waals surface area contributed by atoms with E-state index < -0.39 is 0 Å². The summed E-state index contributed by atoms with van der Waals surface area (Å²) in [5.74, 6) is -0.478. The second-order valence-corrected chi connectivity index (χ2v) is 3.10. The van der Waals surface area contributed by atoms with Gasteiger partial charge in [-0.05, 0) is 17.7 Å². The quantitative estimate of drug-likeness (QED) is 0.520. The van der Waals surface area contributed by atoms with Crippen LogP contribution in [0.25, 0.3) is 0 Å². The molecule has 3 nitrogen and oxygen atoms in total. The van der Waals surface area contributed by atoms with Gasteiger partial charge < -0.3 is 14.9 Å². The van der Waals surface area contributed by atoms with Crippen LogP contribution in [0.5, 0.6) is 11.5 Å². The van der Waals surface area contributed by atoms with Crippen molar-refractivity contribution in [2.45, 2.75) is 6.10 Å². The topological polar surface area (TPSA) is 53.0 Å². The number of rotatable bonds is 1. The van der Waals surface area contributed by atoms with E-state index in [1.165, 1.54) is 6.07 Å². The van der Waals surface area contributed by atoms with E-state index in [0.29, 0.717) is 6.61 Å². The molecular formula is C8H7ClO3. The van der Waals surface area contributed by atoms with E-state index in [1.807, 2.05) is 0 Å². The number of phenols is 2. The van der Waals surface area contributed by atoms with E-state index in [9.17, 15) is 0 Å². The lowest BCUT2D eigenvalue weighted by molar-refractivity contribution is 0.397. The Balaban J connectivity index is 2.45. The zero-order valence-electron chi connectivity index (χ0n) is 6.12. The Bertz CT molecular complexity index is 297. The molecule has 2 rings (SSSR count). The van der Waals surface area contributed by atoms with E-state index in [1.54, 1.807) is 6.07 Å². The summed E-state index contributed by atoms with van der Waals surface area (Å²) in [7, 11) is 0. The molecule has 1 aromatic rings. The molecule has 0 spiro atoms. The van der Waals surface area contributed by atoms with Gasteiger partial charge in [-0.25, -0.2) is 0 Å². The molecule has 1 unspecified atom stereocenters. The number of epoxide rings is 1. The van der Waals surface area contributed by atoms with Crippen LogP contribution in [0.3, 0.4) is 0 Å². The molecule has 4 heteroatoms. The van der Waals surface area contributed by atoms with Crippen molar-refractivity contribution in [2.75, 3.05) is 6.61 Å². The lowest BCUT2D eigenvalue weighted by Crippen LogP contribution is -1.81. The first-order chi connectivity index (χ1) is 5.68. The molecule has 1 heterocycles. The van der Waals surface area contributed by atoms with E-state index in [0.717, 1.165) is 5.56 Å². The third-order valence-electron chi connectivity index (χ3n) is 1.77. The molecule has 0 aromatic heterocycles. The summed E-state index contributed by atoms with van der Waals surface area (Å²) in [6.07, 6.45) is 0.0361. The fourth-order valence-corrected chi connectivity index (χ4v) is 1.25. The number of phenolic OH excluding ortho intramolecular Hbond substituents is 2. The van der Waals surface area contributed by atoms with E-state index >= 15 is 0 Å². The SMILES string of the molecule is Oc1cc(C2CO2)cc(Cl)c1O. The molecule has 1 atom stereocenters. The lowest BCUT2D eigenvalue weighted by atomic mass is 10.1. The van der Waals surface area contributed by atoms with Crippen molar-refractivity contribution >= 4 is 11.6 Å². The van der Waals surface area contributed by atoms with Crippen molar-refractivity contribution in [3.63, 3.8) is 0 Å². The molecule has 12 heavy (non-hydrogen) atoms. The van der Waals surface area contributed by atoms with Crippen molar-refractivity contribution in [3.05, 3.63) is 22.7 Å². The van der Waals surface area contributed by atoms with Gasteiger partial charge in [0.15, 0.2) is 11.5 Å². The summed E-state index contributed by atoms with van der Waals surface area (Å²) in [5.41, 5.74) is 0.801. The highest BCUT2D eigenvalue weighted by molar-refractivity contribution is 6.32. The minimum atomic E-state index is -0.277. The van der Waals surface area contributed by atoms with E-state index in [-0.39, 0.29) is 22.6 Å². The van der Waals surface area contributed by atoms with Gasteiger partial charge in [0, 0.05) is 0 Å². The average molecular weight is 187 g/mol. The van der Waals surface area contributed by atoms with Crippen molar-refractivity contribution in [1.82, 2.24) is 0 Å². The number of aromatic hydroxyl groups is 2. The predicted molar refractivity (Wildman–Crippen MR) is 43.5 cm³/mol. The highest BCUT2D eigenvalue weighted by atomic mass is 35.5. The number of hydrogen-bond donors (Lipinski definition) is 2. The molecule has 0 amide bonds. The van der Waals surface area contributed by atoms with Gasteiger partial charge >= 0.3 is 0 Å². The Morgan fingerprint density at radius 1 is 1.42 bits per heavy atom. The van der Waals surface area contributed by atoms with Crippen LogP contribution in [0.1, 0.15) is 11.7 Å². The molecule has 2 N–H and O–H groups in total. The zero-order valence-corrected chi connectivity index (χ0v) is 6.88. The molecule has 1 aromatic carbocycles. The second kappa shape index (κ2) is 2.54. The van der Waals surface area contributed by atoms with Crippen molar-refractivity contribution in [3.8, 4) is 11.5 Å². The first-order valence-electron chi connectivity index (χ1n) is 3.51. The normalized spacial score (nSPS) is 20.9. The highest BCUT2D eigenvalue weighted by Crippen LogP contribution is 2.39. The van der Waals surface area contributed by atoms with Crippen LogP contribution >= 0.6 is 11.6 Å². The first-order valence-corrected chi connectivity index (χ1v) is 3.89. The smallest absolute Gasteiger partial charge is 0.176 e. The Labute approximate surface area is 74.2 Å². The molecule has 1 saturated heterocycles. The summed E-state index contributed by atoms with van der Waals surface area (Å²) in [4.78, 5) is 0. The lowest BCUT2D eigenvalue weighted by Gasteiger charge is -2.02. The van der Waals surface area contributed by atoms with Crippen LogP contribution in [-0.4, -0.2) is 16.8 Å². The van der Waals surface area contributed by atoms with Gasteiger partial charge in [0.05, 0.1) is 11.6 Å². The van der Waals surface area contributed by atoms with E-state index in [2.05, 4.69) is 0 Å². The van der Waals surface area contributed by atoms with Crippen LogP contribution in [-0.2, 0) is 4.74 Å². The van der Waals surface area contributed by atoms with Gasteiger partial charge in [0.1, 0.15) is 6.10 Å². The van der Waals surface area contributed by atoms with Crippen molar-refractivity contribution < 1.29 is 14.9 Å². The average Bonchev–Trinajstić information content (AvgIpc) is 2.81. The standard InChI is InChI=1S/C8H7ClO3/c9-5-1-4(7-3-12-7)2-6(10)8(5)11/h1-2,7,10-11H,3H2. The third-order valence-corrected chi connectivity index (χ3v) is 2.06. The maximum Gasteiger partial charge on any atom is 0.176 e. The second-order valence-electron chi connectivity index (χ2n) is 2.69. The summed E-state index contributed by atoms with van der Waals surface area (Å²) in [5, 5.41) is 18.4. The minimum Gasteiger partial charge on any atom is -0.504 e. The molecule has 0 aliphatic carbocycles. The van der Waals surface area contributed by atoms with Gasteiger partial charge in [-0.3, -0.25) is 0 Å². The molecule has 64 valence electrons. The summed E-state index contributed by atoms with van der Waals surface area (Å²) in [6, 6.07) is 3.05. The van der Waals surface area contributed by atoms with Crippen LogP contribution in [0.15, 0.2) is 12.1 Å². The largest absolute Gasteiger partial charge is 0.504 e. The molecule has 0 saturated carbocycles. The first kappa shape index (κ1) is 7.71. The van der Waals surface area contributed by atoms with Gasteiger partial charge in [0.2, 0.25) is 0 Å². The fraction of sp³-hybridized carbons (Fsp3) is 0.250. The van der Waals surface area contributed by atoms with Gasteiger partial charge in [-0.15, -0.1) is 0 Å². The number of ether oxygens (including phenoxy) is 1. The summed E-state index contributed by atoms with van der Waals surface area (Å²) >= 11 is 5.63. The van der Waals surface area contributed by atoms with Crippen LogP contribution < -0.4 is 0 Å². The molecule has 0 radical (unpaired) electrons. The summed E-state index contributed by atoms with van der Waals surface area (Å²) in [6.45, 7) is 0.653. The number of halogens is 1. The number of hydrogen-bond acceptors (Lipinski definition) is 3. The van der Waals surface area contributed by atoms with Crippen molar-refractivity contribution in [2.24, 2.45) is 0 Å². The van der Waals surface area contributed by atoms with Crippen LogP contribution in [0, 0.1) is 0 Å². The third kappa shape index (κ3) is 1.21. The molecule has 1 aliphatic heterocycles.